The summed E-state index contributed by atoms with van der Waals surface area (Å²) in [6.45, 7) is 0. The molecular weight excluding hydrogens is 270 g/mol. The van der Waals surface area contributed by atoms with Gasteiger partial charge in [0.1, 0.15) is 5.67 Å². The molecule has 3 saturated carbocycles. The standard InChI is InChI=1S/C8H8FIN2/c9-7-3-8(4-7,5-7)12-2-6(10)1-11-12/h1-2H,3-5H2. The van der Waals surface area contributed by atoms with E-state index in [9.17, 15) is 4.39 Å². The summed E-state index contributed by atoms with van der Waals surface area (Å²) in [5.74, 6) is 0. The average Bonchev–Trinajstić information content (AvgIpc) is 2.26. The highest BCUT2D eigenvalue weighted by atomic mass is 127. The van der Waals surface area contributed by atoms with Crippen LogP contribution in [0, 0.1) is 3.57 Å². The summed E-state index contributed by atoms with van der Waals surface area (Å²) in [5, 5.41) is 4.22. The van der Waals surface area contributed by atoms with Crippen molar-refractivity contribution in [2.45, 2.75) is 30.5 Å². The Bertz CT molecular complexity index is 327. The van der Waals surface area contributed by atoms with Gasteiger partial charge in [-0.15, -0.1) is 0 Å². The van der Waals surface area contributed by atoms with E-state index in [0.717, 1.165) is 3.57 Å². The first-order valence-corrected chi connectivity index (χ1v) is 5.10. The Morgan fingerprint density at radius 3 is 2.58 bits per heavy atom. The molecule has 0 N–H and O–H groups in total. The topological polar surface area (TPSA) is 17.8 Å². The number of rotatable bonds is 1. The van der Waals surface area contributed by atoms with E-state index in [1.165, 1.54) is 0 Å². The van der Waals surface area contributed by atoms with Crippen molar-refractivity contribution in [3.8, 4) is 0 Å². The third kappa shape index (κ3) is 0.719. The van der Waals surface area contributed by atoms with Gasteiger partial charge in [0.05, 0.1) is 15.3 Å². The van der Waals surface area contributed by atoms with E-state index in [4.69, 9.17) is 0 Å². The Hall–Kier alpha value is -0.130. The van der Waals surface area contributed by atoms with Gasteiger partial charge < -0.3 is 0 Å². The second-order valence-electron chi connectivity index (χ2n) is 4.01. The van der Waals surface area contributed by atoms with Crippen molar-refractivity contribution in [3.63, 3.8) is 0 Å². The molecule has 3 fully saturated rings. The molecule has 0 unspecified atom stereocenters. The summed E-state index contributed by atoms with van der Waals surface area (Å²) in [4.78, 5) is 0. The fraction of sp³-hybridized carbons (Fsp3) is 0.625. The molecule has 4 heteroatoms. The molecule has 0 amide bonds. The third-order valence-electron chi connectivity index (χ3n) is 2.97. The van der Waals surface area contributed by atoms with Gasteiger partial charge in [-0.2, -0.15) is 5.10 Å². The van der Waals surface area contributed by atoms with Crippen LogP contribution < -0.4 is 0 Å². The van der Waals surface area contributed by atoms with Crippen LogP contribution in [0.4, 0.5) is 4.39 Å². The van der Waals surface area contributed by atoms with Crippen LogP contribution in [0.25, 0.3) is 0 Å². The summed E-state index contributed by atoms with van der Waals surface area (Å²) < 4.78 is 16.2. The lowest BCUT2D eigenvalue weighted by atomic mass is 9.47. The Morgan fingerprint density at radius 1 is 1.50 bits per heavy atom. The Morgan fingerprint density at radius 2 is 2.17 bits per heavy atom. The number of hydrogen-bond acceptors (Lipinski definition) is 1. The predicted octanol–water partition coefficient (Wildman–Crippen LogP) is 2.09. The van der Waals surface area contributed by atoms with Gasteiger partial charge in [0.25, 0.3) is 0 Å². The van der Waals surface area contributed by atoms with Gasteiger partial charge in [-0.25, -0.2) is 4.39 Å². The minimum absolute atomic E-state index is 0.0676. The maximum absolute atomic E-state index is 13.2. The molecular formula is C8H8FIN2. The second-order valence-corrected chi connectivity index (χ2v) is 5.25. The normalized spacial score (nSPS) is 43.5. The smallest absolute Gasteiger partial charge is 0.118 e. The zero-order chi connectivity index (χ0) is 8.40. The fourth-order valence-electron chi connectivity index (χ4n) is 2.42. The SMILES string of the molecule is FC12CC(n3cc(I)cn3)(C1)C2. The van der Waals surface area contributed by atoms with Gasteiger partial charge >= 0.3 is 0 Å². The van der Waals surface area contributed by atoms with Gasteiger partial charge in [-0.1, -0.05) is 0 Å². The number of halogens is 2. The number of nitrogens with zero attached hydrogens (tertiary/aromatic N) is 2. The lowest BCUT2D eigenvalue weighted by molar-refractivity contribution is -0.203. The molecule has 0 atom stereocenters. The highest BCUT2D eigenvalue weighted by Crippen LogP contribution is 2.67. The van der Waals surface area contributed by atoms with E-state index in [0.29, 0.717) is 19.3 Å². The molecule has 0 aliphatic heterocycles. The highest BCUT2D eigenvalue weighted by molar-refractivity contribution is 14.1. The monoisotopic (exact) mass is 278 g/mol. The van der Waals surface area contributed by atoms with E-state index < -0.39 is 5.67 Å². The molecule has 0 radical (unpaired) electrons. The number of alkyl halides is 1. The molecule has 2 nitrogen and oxygen atoms in total. The van der Waals surface area contributed by atoms with Crippen LogP contribution in [-0.4, -0.2) is 15.4 Å². The highest BCUT2D eigenvalue weighted by Gasteiger charge is 2.70. The molecule has 0 aromatic carbocycles. The second kappa shape index (κ2) is 1.86. The van der Waals surface area contributed by atoms with Crippen molar-refractivity contribution in [1.29, 1.82) is 0 Å². The first kappa shape index (κ1) is 7.29. The van der Waals surface area contributed by atoms with E-state index in [1.54, 1.807) is 0 Å². The van der Waals surface area contributed by atoms with Gasteiger partial charge in [-0.3, -0.25) is 4.68 Å². The molecule has 12 heavy (non-hydrogen) atoms. The van der Waals surface area contributed by atoms with Crippen LogP contribution >= 0.6 is 22.6 Å². The van der Waals surface area contributed by atoms with Crippen molar-refractivity contribution in [2.75, 3.05) is 0 Å². The van der Waals surface area contributed by atoms with Crippen molar-refractivity contribution in [3.05, 3.63) is 16.0 Å². The van der Waals surface area contributed by atoms with Gasteiger partial charge in [0, 0.05) is 25.5 Å². The summed E-state index contributed by atoms with van der Waals surface area (Å²) in [5.41, 5.74) is -0.754. The molecule has 3 aliphatic rings. The first-order valence-electron chi connectivity index (χ1n) is 4.02. The zero-order valence-corrected chi connectivity index (χ0v) is 8.58. The molecule has 3 aliphatic carbocycles. The quantitative estimate of drug-likeness (QED) is 0.719. The van der Waals surface area contributed by atoms with Crippen molar-refractivity contribution < 1.29 is 4.39 Å². The average molecular weight is 278 g/mol. The fourth-order valence-corrected chi connectivity index (χ4v) is 2.81. The van der Waals surface area contributed by atoms with Crippen molar-refractivity contribution in [1.82, 2.24) is 9.78 Å². The van der Waals surface area contributed by atoms with Gasteiger partial charge in [0.15, 0.2) is 0 Å². The molecule has 64 valence electrons. The predicted molar refractivity (Wildman–Crippen MR) is 50.6 cm³/mol. The van der Waals surface area contributed by atoms with E-state index >= 15 is 0 Å². The van der Waals surface area contributed by atoms with Gasteiger partial charge in [0.2, 0.25) is 0 Å². The van der Waals surface area contributed by atoms with Crippen LogP contribution in [0.3, 0.4) is 0 Å². The van der Waals surface area contributed by atoms with Crippen molar-refractivity contribution in [2.24, 2.45) is 0 Å². The lowest BCUT2D eigenvalue weighted by Gasteiger charge is -2.65. The zero-order valence-electron chi connectivity index (χ0n) is 6.43. The van der Waals surface area contributed by atoms with Gasteiger partial charge in [-0.05, 0) is 22.6 Å². The molecule has 2 bridgehead atoms. The lowest BCUT2D eigenvalue weighted by Crippen LogP contribution is -2.70. The van der Waals surface area contributed by atoms with Crippen LogP contribution in [0.5, 0.6) is 0 Å². The van der Waals surface area contributed by atoms with Crippen LogP contribution in [-0.2, 0) is 5.54 Å². The first-order chi connectivity index (χ1) is 5.62. The molecule has 1 aromatic heterocycles. The number of aromatic nitrogens is 2. The maximum Gasteiger partial charge on any atom is 0.118 e. The molecule has 0 saturated heterocycles. The van der Waals surface area contributed by atoms with Crippen molar-refractivity contribution >= 4 is 22.6 Å². The van der Waals surface area contributed by atoms with Crippen LogP contribution in [0.1, 0.15) is 19.3 Å². The summed E-state index contributed by atoms with van der Waals surface area (Å²) in [6.07, 6.45) is 5.86. The maximum atomic E-state index is 13.2. The largest absolute Gasteiger partial charge is 0.265 e. The van der Waals surface area contributed by atoms with E-state index in [-0.39, 0.29) is 5.54 Å². The summed E-state index contributed by atoms with van der Waals surface area (Å²) in [6, 6.07) is 0. The Kier molecular flexibility index (Phi) is 1.13. The van der Waals surface area contributed by atoms with E-state index in [1.807, 2.05) is 17.1 Å². The van der Waals surface area contributed by atoms with Crippen LogP contribution in [0.15, 0.2) is 12.4 Å². The molecule has 0 spiro atoms. The molecule has 1 heterocycles. The summed E-state index contributed by atoms with van der Waals surface area (Å²) >= 11 is 2.22. The molecule has 4 rings (SSSR count). The van der Waals surface area contributed by atoms with Crippen LogP contribution in [0.2, 0.25) is 0 Å². The van der Waals surface area contributed by atoms with E-state index in [2.05, 4.69) is 27.7 Å². The minimum atomic E-state index is -0.822. The minimum Gasteiger partial charge on any atom is -0.265 e. The Balaban J connectivity index is 1.93. The Labute approximate surface area is 83.3 Å². The number of hydrogen-bond donors (Lipinski definition) is 0. The molecule has 1 aromatic rings. The summed E-state index contributed by atoms with van der Waals surface area (Å²) in [7, 11) is 0. The third-order valence-corrected chi connectivity index (χ3v) is 3.53.